The topological polar surface area (TPSA) is 43.8 Å². The van der Waals surface area contributed by atoms with E-state index in [9.17, 15) is 9.90 Å². The van der Waals surface area contributed by atoms with Crippen LogP contribution in [0.4, 0.5) is 0 Å². The molecule has 2 rings (SSSR count). The Bertz CT molecular complexity index is 486. The third-order valence-corrected chi connectivity index (χ3v) is 4.35. The molecule has 1 fully saturated rings. The van der Waals surface area contributed by atoms with Crippen molar-refractivity contribution in [2.75, 3.05) is 39.8 Å². The van der Waals surface area contributed by atoms with Crippen LogP contribution >= 0.6 is 31.9 Å². The van der Waals surface area contributed by atoms with Gasteiger partial charge >= 0.3 is 0 Å². The predicted molar refractivity (Wildman–Crippen MR) is 81.8 cm³/mol. The first kappa shape index (κ1) is 15.0. The van der Waals surface area contributed by atoms with Crippen molar-refractivity contribution in [2.45, 2.75) is 0 Å². The molecule has 0 saturated carbocycles. The molecule has 1 N–H and O–H groups in total. The Hall–Kier alpha value is -0.430. The van der Waals surface area contributed by atoms with Crippen LogP contribution in [0.5, 0.6) is 5.75 Å². The van der Waals surface area contributed by atoms with Gasteiger partial charge in [0.25, 0.3) is 0 Å². The number of carbonyl (C=O) groups is 1. The monoisotopic (exact) mass is 390 g/mol. The van der Waals surface area contributed by atoms with Gasteiger partial charge in [0.2, 0.25) is 0 Å². The Balaban J connectivity index is 2.08. The first-order chi connectivity index (χ1) is 8.97. The van der Waals surface area contributed by atoms with E-state index in [-0.39, 0.29) is 11.5 Å². The maximum atomic E-state index is 12.3. The summed E-state index contributed by atoms with van der Waals surface area (Å²) in [6, 6.07) is 3.39. The Morgan fingerprint density at radius 3 is 2.53 bits per heavy atom. The number of carbonyl (C=O) groups excluding carboxylic acids is 1. The lowest BCUT2D eigenvalue weighted by atomic mass is 10.1. The second-order valence-corrected chi connectivity index (χ2v) is 6.56. The molecule has 0 aromatic heterocycles. The van der Waals surface area contributed by atoms with E-state index in [0.29, 0.717) is 16.6 Å². The summed E-state index contributed by atoms with van der Waals surface area (Å²) in [6.45, 7) is 4.07. The summed E-state index contributed by atoms with van der Waals surface area (Å²) in [4.78, 5) is 16.6. The number of rotatable bonds is 3. The quantitative estimate of drug-likeness (QED) is 0.803. The number of Topliss-reactive ketones (excluding diaryl/α,β-unsaturated/α-hetero) is 1. The molecule has 0 bridgehead atoms. The third-order valence-electron chi connectivity index (χ3n) is 3.29. The van der Waals surface area contributed by atoms with Crippen molar-refractivity contribution in [3.8, 4) is 5.75 Å². The van der Waals surface area contributed by atoms with Crippen molar-refractivity contribution in [1.82, 2.24) is 9.80 Å². The lowest BCUT2D eigenvalue weighted by Crippen LogP contribution is -2.46. The number of halogens is 2. The number of benzene rings is 1. The largest absolute Gasteiger partial charge is 0.506 e. The van der Waals surface area contributed by atoms with Crippen LogP contribution in [0.15, 0.2) is 21.1 Å². The molecule has 104 valence electrons. The number of hydrogen-bond donors (Lipinski definition) is 1. The van der Waals surface area contributed by atoms with Crippen molar-refractivity contribution in [3.63, 3.8) is 0 Å². The molecule has 1 aromatic rings. The van der Waals surface area contributed by atoms with Crippen molar-refractivity contribution in [1.29, 1.82) is 0 Å². The summed E-state index contributed by atoms with van der Waals surface area (Å²) in [5.41, 5.74) is 0.361. The van der Waals surface area contributed by atoms with Gasteiger partial charge in [-0.3, -0.25) is 9.69 Å². The van der Waals surface area contributed by atoms with Gasteiger partial charge in [0, 0.05) is 30.7 Å². The summed E-state index contributed by atoms with van der Waals surface area (Å²) in [5, 5.41) is 9.95. The second-order valence-electron chi connectivity index (χ2n) is 4.79. The molecule has 19 heavy (non-hydrogen) atoms. The second kappa shape index (κ2) is 6.35. The van der Waals surface area contributed by atoms with Crippen LogP contribution < -0.4 is 0 Å². The highest BCUT2D eigenvalue weighted by Crippen LogP contribution is 2.32. The Kier molecular flexibility index (Phi) is 5.00. The normalized spacial score (nSPS) is 17.6. The van der Waals surface area contributed by atoms with Crippen molar-refractivity contribution < 1.29 is 9.90 Å². The Labute approximate surface area is 129 Å². The first-order valence-corrected chi connectivity index (χ1v) is 7.68. The number of phenols is 1. The number of aromatic hydroxyl groups is 1. The molecule has 6 heteroatoms. The van der Waals surface area contributed by atoms with Gasteiger partial charge < -0.3 is 10.0 Å². The van der Waals surface area contributed by atoms with Crippen LogP contribution in [0, 0.1) is 0 Å². The third kappa shape index (κ3) is 3.78. The smallest absolute Gasteiger partial charge is 0.180 e. The highest BCUT2D eigenvalue weighted by molar-refractivity contribution is 9.11. The standard InChI is InChI=1S/C13H16Br2N2O2/c1-16-2-4-17(5-3-16)8-12(18)10-6-9(14)7-11(15)13(10)19/h6-7,19H,2-5,8H2,1H3. The van der Waals surface area contributed by atoms with E-state index in [1.54, 1.807) is 12.1 Å². The zero-order valence-electron chi connectivity index (χ0n) is 10.7. The number of ketones is 1. The fourth-order valence-corrected chi connectivity index (χ4v) is 3.30. The molecule has 1 saturated heterocycles. The zero-order chi connectivity index (χ0) is 14.0. The van der Waals surface area contributed by atoms with Crippen LogP contribution in [0.3, 0.4) is 0 Å². The molecular formula is C13H16Br2N2O2. The zero-order valence-corrected chi connectivity index (χ0v) is 13.9. The maximum absolute atomic E-state index is 12.3. The fourth-order valence-electron chi connectivity index (χ4n) is 2.07. The first-order valence-electron chi connectivity index (χ1n) is 6.09. The molecular weight excluding hydrogens is 376 g/mol. The molecule has 1 aliphatic rings. The lowest BCUT2D eigenvalue weighted by molar-refractivity contribution is 0.0873. The van der Waals surface area contributed by atoms with Gasteiger partial charge in [-0.25, -0.2) is 0 Å². The molecule has 1 aliphatic heterocycles. The molecule has 4 nitrogen and oxygen atoms in total. The Morgan fingerprint density at radius 2 is 1.89 bits per heavy atom. The molecule has 0 amide bonds. The maximum Gasteiger partial charge on any atom is 0.180 e. The van der Waals surface area contributed by atoms with E-state index in [0.717, 1.165) is 30.7 Å². The van der Waals surface area contributed by atoms with E-state index in [1.165, 1.54) is 0 Å². The van der Waals surface area contributed by atoms with E-state index >= 15 is 0 Å². The minimum atomic E-state index is -0.0518. The van der Waals surface area contributed by atoms with E-state index in [4.69, 9.17) is 0 Å². The van der Waals surface area contributed by atoms with Crippen molar-refractivity contribution in [3.05, 3.63) is 26.6 Å². The van der Waals surface area contributed by atoms with Gasteiger partial charge in [-0.15, -0.1) is 0 Å². The summed E-state index contributed by atoms with van der Waals surface area (Å²) in [7, 11) is 2.08. The molecule has 1 heterocycles. The molecule has 0 radical (unpaired) electrons. The van der Waals surface area contributed by atoms with E-state index < -0.39 is 0 Å². The van der Waals surface area contributed by atoms with Crippen LogP contribution in [0.2, 0.25) is 0 Å². The van der Waals surface area contributed by atoms with Gasteiger partial charge in [0.05, 0.1) is 16.6 Å². The number of piperazine rings is 1. The molecule has 0 atom stereocenters. The van der Waals surface area contributed by atoms with Crippen LogP contribution in [-0.2, 0) is 0 Å². The summed E-state index contributed by atoms with van der Waals surface area (Å²) < 4.78 is 1.31. The van der Waals surface area contributed by atoms with Gasteiger partial charge in [-0.2, -0.15) is 0 Å². The summed E-state index contributed by atoms with van der Waals surface area (Å²) in [5.74, 6) is -0.0358. The molecule has 0 unspecified atom stereocenters. The van der Waals surface area contributed by atoms with Gasteiger partial charge in [0.1, 0.15) is 5.75 Å². The highest BCUT2D eigenvalue weighted by atomic mass is 79.9. The fraction of sp³-hybridized carbons (Fsp3) is 0.462. The van der Waals surface area contributed by atoms with E-state index in [2.05, 4.69) is 48.7 Å². The van der Waals surface area contributed by atoms with Crippen LogP contribution in [0.25, 0.3) is 0 Å². The molecule has 0 aliphatic carbocycles. The van der Waals surface area contributed by atoms with Crippen molar-refractivity contribution in [2.24, 2.45) is 0 Å². The van der Waals surface area contributed by atoms with Gasteiger partial charge in [-0.05, 0) is 35.1 Å². The molecule has 0 spiro atoms. The minimum absolute atomic E-state index is 0.0160. The number of phenolic OH excluding ortho intramolecular Hbond substituents is 1. The van der Waals surface area contributed by atoms with Crippen molar-refractivity contribution >= 4 is 37.6 Å². The minimum Gasteiger partial charge on any atom is -0.506 e. The predicted octanol–water partition coefficient (Wildman–Crippen LogP) is 2.35. The SMILES string of the molecule is CN1CCN(CC(=O)c2cc(Br)cc(Br)c2O)CC1. The summed E-state index contributed by atoms with van der Waals surface area (Å²) in [6.07, 6.45) is 0. The number of likely N-dealkylation sites (N-methyl/N-ethyl adjacent to an activating group) is 1. The average molecular weight is 392 g/mol. The number of nitrogens with zero attached hydrogens (tertiary/aromatic N) is 2. The Morgan fingerprint density at radius 1 is 1.26 bits per heavy atom. The van der Waals surface area contributed by atoms with Crippen LogP contribution in [0.1, 0.15) is 10.4 Å². The highest BCUT2D eigenvalue weighted by Gasteiger charge is 2.20. The molecule has 1 aromatic carbocycles. The van der Waals surface area contributed by atoms with Gasteiger partial charge in [-0.1, -0.05) is 15.9 Å². The lowest BCUT2D eigenvalue weighted by Gasteiger charge is -2.31. The number of hydrogen-bond acceptors (Lipinski definition) is 4. The van der Waals surface area contributed by atoms with E-state index in [1.807, 2.05) is 0 Å². The van der Waals surface area contributed by atoms with Crippen LogP contribution in [-0.4, -0.2) is 60.5 Å². The average Bonchev–Trinajstić information content (AvgIpc) is 2.36. The summed E-state index contributed by atoms with van der Waals surface area (Å²) >= 11 is 6.58. The van der Waals surface area contributed by atoms with Gasteiger partial charge in [0.15, 0.2) is 5.78 Å².